The minimum Gasteiger partial charge on any atom is -0.352 e. The standard InChI is InChI=1S/C15H15Cl2N3O/c16-13-3-1-4-14(17)12(13)5-6-15(21)19-7-2-9-20-10-8-18-11-20/h1,3-6,8,10-11H,2,7,9H2,(H,19,21)/b6-5-. The predicted molar refractivity (Wildman–Crippen MR) is 85.3 cm³/mol. The van der Waals surface area contributed by atoms with Crippen molar-refractivity contribution in [3.8, 4) is 0 Å². The van der Waals surface area contributed by atoms with Crippen LogP contribution in [0.25, 0.3) is 6.08 Å². The molecule has 2 aromatic rings. The van der Waals surface area contributed by atoms with E-state index in [0.29, 0.717) is 22.2 Å². The topological polar surface area (TPSA) is 46.9 Å². The summed E-state index contributed by atoms with van der Waals surface area (Å²) in [6, 6.07) is 5.23. The minimum absolute atomic E-state index is 0.170. The minimum atomic E-state index is -0.170. The molecular weight excluding hydrogens is 309 g/mol. The third-order valence-corrected chi connectivity index (χ3v) is 3.51. The molecule has 0 saturated carbocycles. The first-order chi connectivity index (χ1) is 10.2. The molecule has 4 nitrogen and oxygen atoms in total. The highest BCUT2D eigenvalue weighted by atomic mass is 35.5. The molecule has 21 heavy (non-hydrogen) atoms. The van der Waals surface area contributed by atoms with Crippen molar-refractivity contribution in [1.29, 1.82) is 0 Å². The predicted octanol–water partition coefficient (Wildman–Crippen LogP) is 3.41. The van der Waals surface area contributed by atoms with Crippen LogP contribution in [0.2, 0.25) is 10.0 Å². The third-order valence-electron chi connectivity index (χ3n) is 2.85. The van der Waals surface area contributed by atoms with E-state index < -0.39 is 0 Å². The zero-order chi connectivity index (χ0) is 15.1. The Morgan fingerprint density at radius 2 is 2.10 bits per heavy atom. The first kappa shape index (κ1) is 15.6. The lowest BCUT2D eigenvalue weighted by molar-refractivity contribution is -0.116. The lowest BCUT2D eigenvalue weighted by Gasteiger charge is -2.04. The van der Waals surface area contributed by atoms with Gasteiger partial charge in [-0.3, -0.25) is 4.79 Å². The molecule has 0 atom stereocenters. The van der Waals surface area contributed by atoms with Gasteiger partial charge in [-0.25, -0.2) is 4.98 Å². The highest BCUT2D eigenvalue weighted by Crippen LogP contribution is 2.25. The van der Waals surface area contributed by atoms with E-state index >= 15 is 0 Å². The van der Waals surface area contributed by atoms with Crippen molar-refractivity contribution in [2.75, 3.05) is 6.54 Å². The Kier molecular flexibility index (Phi) is 5.84. The number of nitrogens with one attached hydrogen (secondary N) is 1. The summed E-state index contributed by atoms with van der Waals surface area (Å²) < 4.78 is 1.96. The van der Waals surface area contributed by atoms with Crippen molar-refractivity contribution in [1.82, 2.24) is 14.9 Å². The van der Waals surface area contributed by atoms with Gasteiger partial charge in [0.1, 0.15) is 0 Å². The second-order valence-electron chi connectivity index (χ2n) is 4.41. The van der Waals surface area contributed by atoms with Gasteiger partial charge in [0.25, 0.3) is 0 Å². The van der Waals surface area contributed by atoms with Gasteiger partial charge < -0.3 is 9.88 Å². The number of benzene rings is 1. The third kappa shape index (κ3) is 4.92. The molecule has 0 saturated heterocycles. The first-order valence-corrected chi connectivity index (χ1v) is 7.28. The Morgan fingerprint density at radius 3 is 2.76 bits per heavy atom. The number of aryl methyl sites for hydroxylation is 1. The van der Waals surface area contributed by atoms with Gasteiger partial charge in [-0.2, -0.15) is 0 Å². The Morgan fingerprint density at radius 1 is 1.33 bits per heavy atom. The molecule has 1 heterocycles. The van der Waals surface area contributed by atoms with Gasteiger partial charge in [0.2, 0.25) is 5.91 Å². The number of imidazole rings is 1. The molecule has 0 aliphatic rings. The molecule has 0 bridgehead atoms. The summed E-state index contributed by atoms with van der Waals surface area (Å²) in [5.74, 6) is -0.170. The summed E-state index contributed by atoms with van der Waals surface area (Å²) in [5, 5.41) is 3.85. The number of hydrogen-bond donors (Lipinski definition) is 1. The van der Waals surface area contributed by atoms with Gasteiger partial charge in [0.05, 0.1) is 6.33 Å². The molecule has 110 valence electrons. The molecule has 0 aliphatic heterocycles. The lowest BCUT2D eigenvalue weighted by Crippen LogP contribution is -2.22. The highest BCUT2D eigenvalue weighted by molar-refractivity contribution is 6.37. The SMILES string of the molecule is O=C(/C=C\c1c(Cl)cccc1Cl)NCCCn1ccnc1. The molecule has 2 rings (SSSR count). The van der Waals surface area contributed by atoms with Crippen LogP contribution < -0.4 is 5.32 Å². The molecule has 1 aromatic carbocycles. The van der Waals surface area contributed by atoms with Crippen LogP contribution in [0.5, 0.6) is 0 Å². The fourth-order valence-corrected chi connectivity index (χ4v) is 2.30. The van der Waals surface area contributed by atoms with Crippen LogP contribution in [-0.4, -0.2) is 22.0 Å². The summed E-state index contributed by atoms with van der Waals surface area (Å²) >= 11 is 12.0. The second kappa shape index (κ2) is 7.86. The molecule has 0 radical (unpaired) electrons. The Labute approximate surface area is 133 Å². The maximum absolute atomic E-state index is 11.7. The van der Waals surface area contributed by atoms with Crippen molar-refractivity contribution in [2.24, 2.45) is 0 Å². The summed E-state index contributed by atoms with van der Waals surface area (Å²) in [6.45, 7) is 1.41. The number of carbonyl (C=O) groups excluding carboxylic acids is 1. The maximum atomic E-state index is 11.7. The Hall–Kier alpha value is -1.78. The number of aromatic nitrogens is 2. The van der Waals surface area contributed by atoms with E-state index in [-0.39, 0.29) is 5.91 Å². The van der Waals surface area contributed by atoms with Gasteiger partial charge in [-0.1, -0.05) is 29.3 Å². The second-order valence-corrected chi connectivity index (χ2v) is 5.23. The van der Waals surface area contributed by atoms with Crippen LogP contribution in [0.4, 0.5) is 0 Å². The first-order valence-electron chi connectivity index (χ1n) is 6.52. The fraction of sp³-hybridized carbons (Fsp3) is 0.200. The van der Waals surface area contributed by atoms with Crippen LogP contribution in [0.15, 0.2) is 43.0 Å². The fourth-order valence-electron chi connectivity index (χ4n) is 1.78. The number of nitrogens with zero attached hydrogens (tertiary/aromatic N) is 2. The van der Waals surface area contributed by atoms with Crippen molar-refractivity contribution >= 4 is 35.2 Å². The number of rotatable bonds is 6. The number of hydrogen-bond acceptors (Lipinski definition) is 2. The van der Waals surface area contributed by atoms with Crippen molar-refractivity contribution in [2.45, 2.75) is 13.0 Å². The monoisotopic (exact) mass is 323 g/mol. The zero-order valence-corrected chi connectivity index (χ0v) is 12.8. The molecule has 1 N–H and O–H groups in total. The molecule has 0 aliphatic carbocycles. The van der Waals surface area contributed by atoms with Crippen LogP contribution >= 0.6 is 23.2 Å². The Balaban J connectivity index is 1.77. The number of halogens is 2. The molecule has 0 spiro atoms. The Bertz CT molecular complexity index is 604. The lowest BCUT2D eigenvalue weighted by atomic mass is 10.2. The van der Waals surface area contributed by atoms with Crippen molar-refractivity contribution < 1.29 is 4.79 Å². The van der Waals surface area contributed by atoms with Crippen LogP contribution in [0, 0.1) is 0 Å². The summed E-state index contributed by atoms with van der Waals surface area (Å²) in [7, 11) is 0. The van der Waals surface area contributed by atoms with E-state index in [1.165, 1.54) is 6.08 Å². The van der Waals surface area contributed by atoms with Gasteiger partial charge in [-0.15, -0.1) is 0 Å². The van der Waals surface area contributed by atoms with E-state index in [1.807, 2.05) is 10.8 Å². The highest BCUT2D eigenvalue weighted by Gasteiger charge is 2.02. The summed E-state index contributed by atoms with van der Waals surface area (Å²) in [5.41, 5.74) is 0.648. The summed E-state index contributed by atoms with van der Waals surface area (Å²) in [4.78, 5) is 15.7. The number of carbonyl (C=O) groups is 1. The normalized spacial score (nSPS) is 11.0. The molecular formula is C15H15Cl2N3O. The summed E-state index contributed by atoms with van der Waals surface area (Å²) in [6.07, 6.45) is 9.26. The van der Waals surface area contributed by atoms with E-state index in [0.717, 1.165) is 13.0 Å². The molecule has 1 aromatic heterocycles. The average Bonchev–Trinajstić information content (AvgIpc) is 2.96. The van der Waals surface area contributed by atoms with Crippen LogP contribution in [0.3, 0.4) is 0 Å². The molecule has 0 fully saturated rings. The van der Waals surface area contributed by atoms with Crippen LogP contribution in [-0.2, 0) is 11.3 Å². The number of amides is 1. The zero-order valence-electron chi connectivity index (χ0n) is 11.3. The molecule has 1 amide bonds. The molecule has 0 unspecified atom stereocenters. The van der Waals surface area contributed by atoms with E-state index in [1.54, 1.807) is 36.8 Å². The maximum Gasteiger partial charge on any atom is 0.244 e. The quantitative estimate of drug-likeness (QED) is 0.654. The van der Waals surface area contributed by atoms with Gasteiger partial charge in [-0.05, 0) is 24.6 Å². The van der Waals surface area contributed by atoms with E-state index in [4.69, 9.17) is 23.2 Å². The van der Waals surface area contributed by atoms with Gasteiger partial charge in [0.15, 0.2) is 0 Å². The van der Waals surface area contributed by atoms with Gasteiger partial charge in [0, 0.05) is 47.2 Å². The average molecular weight is 324 g/mol. The van der Waals surface area contributed by atoms with Crippen LogP contribution in [0.1, 0.15) is 12.0 Å². The van der Waals surface area contributed by atoms with Crippen molar-refractivity contribution in [3.63, 3.8) is 0 Å². The van der Waals surface area contributed by atoms with E-state index in [9.17, 15) is 4.79 Å². The smallest absolute Gasteiger partial charge is 0.244 e. The molecule has 6 heteroatoms. The largest absolute Gasteiger partial charge is 0.352 e. The van der Waals surface area contributed by atoms with E-state index in [2.05, 4.69) is 10.3 Å². The van der Waals surface area contributed by atoms with Crippen molar-refractivity contribution in [3.05, 3.63) is 58.6 Å². The van der Waals surface area contributed by atoms with Gasteiger partial charge >= 0.3 is 0 Å².